The Morgan fingerprint density at radius 2 is 1.26 bits per heavy atom. The Kier molecular flexibility index (Phi) is 8.68. The van der Waals surface area contributed by atoms with Gasteiger partial charge in [-0.05, 0) is 135 Å². The van der Waals surface area contributed by atoms with Crippen molar-refractivity contribution in [2.24, 2.45) is 0 Å². The van der Waals surface area contributed by atoms with E-state index < -0.39 is 0 Å². The van der Waals surface area contributed by atoms with E-state index in [1.54, 1.807) is 0 Å². The number of fused-ring (bicyclic) bond motifs is 11. The second kappa shape index (κ2) is 14.7. The average molecular weight is 849 g/mol. The number of rotatable bonds is 7. The smallest absolute Gasteiger partial charge is 0.375 e. The van der Waals surface area contributed by atoms with Crippen molar-refractivity contribution in [3.8, 4) is 44.5 Å². The van der Waals surface area contributed by atoms with Crippen LogP contribution in [0.5, 0.6) is 0 Å². The SMILES string of the molecule is CCCCc1ccc(N2c3cc(C)cc4c3B(c3oc5c(ccc6ccccc65)c32)N(c2ccc(-c3ccccc3)cc2)c2cc3c(cc2-4)-c2ccccc2C3(C)C)c(-c2ccccc2)c1. The molecule has 2 aliphatic heterocycles. The van der Waals surface area contributed by atoms with Crippen LogP contribution >= 0.6 is 0 Å². The fourth-order valence-electron chi connectivity index (χ4n) is 11.7. The Balaban J connectivity index is 1.15. The molecule has 0 saturated heterocycles. The second-order valence-corrected chi connectivity index (χ2v) is 19.2. The third-order valence-corrected chi connectivity index (χ3v) is 14.8. The molecule has 0 unspecified atom stereocenters. The van der Waals surface area contributed by atoms with Crippen LogP contribution in [-0.4, -0.2) is 6.85 Å². The molecule has 1 aliphatic carbocycles. The van der Waals surface area contributed by atoms with Crippen molar-refractivity contribution in [2.45, 2.75) is 52.4 Å². The quantitative estimate of drug-likeness (QED) is 0.149. The van der Waals surface area contributed by atoms with E-state index in [2.05, 4.69) is 225 Å². The molecule has 9 aromatic carbocycles. The third-order valence-electron chi connectivity index (χ3n) is 14.8. The van der Waals surface area contributed by atoms with Gasteiger partial charge < -0.3 is 14.1 Å². The molecule has 0 saturated carbocycles. The molecular weight excluding hydrogens is 800 g/mol. The summed E-state index contributed by atoms with van der Waals surface area (Å²) < 4.78 is 7.62. The van der Waals surface area contributed by atoms with Gasteiger partial charge in [-0.2, -0.15) is 0 Å². The van der Waals surface area contributed by atoms with Crippen molar-refractivity contribution in [3.05, 3.63) is 210 Å². The lowest BCUT2D eigenvalue weighted by molar-refractivity contribution is 0.653. The molecule has 66 heavy (non-hydrogen) atoms. The summed E-state index contributed by atoms with van der Waals surface area (Å²) in [6, 6.07) is 70.3. The first kappa shape index (κ1) is 38.9. The van der Waals surface area contributed by atoms with Gasteiger partial charge in [0, 0.05) is 44.4 Å². The fraction of sp³-hybridized carbons (Fsp3) is 0.129. The fourth-order valence-corrected chi connectivity index (χ4v) is 11.7. The van der Waals surface area contributed by atoms with E-state index in [0.717, 1.165) is 58.3 Å². The molecule has 0 amide bonds. The summed E-state index contributed by atoms with van der Waals surface area (Å²) in [5, 5.41) is 3.40. The number of furan rings is 1. The van der Waals surface area contributed by atoms with Gasteiger partial charge in [0.2, 0.25) is 0 Å². The molecule has 0 atom stereocenters. The monoisotopic (exact) mass is 848 g/mol. The highest BCUT2D eigenvalue weighted by Gasteiger charge is 2.50. The Bertz CT molecular complexity index is 3570. The van der Waals surface area contributed by atoms with E-state index in [-0.39, 0.29) is 12.3 Å². The van der Waals surface area contributed by atoms with Crippen LogP contribution < -0.4 is 20.8 Å². The number of aryl methyl sites for hydroxylation is 2. The summed E-state index contributed by atoms with van der Waals surface area (Å²) in [5.41, 5.74) is 24.0. The first-order valence-electron chi connectivity index (χ1n) is 23.7. The van der Waals surface area contributed by atoms with Gasteiger partial charge >= 0.3 is 6.85 Å². The molecule has 3 aliphatic rings. The third kappa shape index (κ3) is 5.70. The summed E-state index contributed by atoms with van der Waals surface area (Å²) in [7, 11) is 0. The molecule has 316 valence electrons. The van der Waals surface area contributed by atoms with E-state index in [4.69, 9.17) is 4.42 Å². The predicted molar refractivity (Wildman–Crippen MR) is 279 cm³/mol. The lowest BCUT2D eigenvalue weighted by atomic mass is 9.45. The van der Waals surface area contributed by atoms with Crippen molar-refractivity contribution >= 4 is 68.1 Å². The van der Waals surface area contributed by atoms with E-state index in [1.807, 2.05) is 0 Å². The topological polar surface area (TPSA) is 19.6 Å². The van der Waals surface area contributed by atoms with Gasteiger partial charge in [0.15, 0.2) is 0 Å². The van der Waals surface area contributed by atoms with Crippen LogP contribution in [0.2, 0.25) is 0 Å². The molecule has 0 radical (unpaired) electrons. The Morgan fingerprint density at radius 3 is 2.06 bits per heavy atom. The molecule has 4 heteroatoms. The largest absolute Gasteiger partial charge is 0.465 e. The van der Waals surface area contributed by atoms with Crippen LogP contribution in [0.1, 0.15) is 55.9 Å². The van der Waals surface area contributed by atoms with Crippen LogP contribution in [0.25, 0.3) is 66.2 Å². The second-order valence-electron chi connectivity index (χ2n) is 19.2. The van der Waals surface area contributed by atoms with Crippen LogP contribution in [0.15, 0.2) is 192 Å². The number of hydrogen-bond donors (Lipinski definition) is 0. The Morgan fingerprint density at radius 1 is 0.530 bits per heavy atom. The van der Waals surface area contributed by atoms with E-state index in [0.29, 0.717) is 0 Å². The summed E-state index contributed by atoms with van der Waals surface area (Å²) in [4.78, 5) is 5.18. The first-order chi connectivity index (χ1) is 32.4. The number of hydrogen-bond acceptors (Lipinski definition) is 3. The minimum absolute atomic E-state index is 0.175. The zero-order chi connectivity index (χ0) is 44.3. The van der Waals surface area contributed by atoms with Crippen LogP contribution in [0.3, 0.4) is 0 Å². The van der Waals surface area contributed by atoms with Gasteiger partial charge in [-0.3, -0.25) is 0 Å². The standard InChI is InChI=1S/C62H49BN2O/c1-5-6-17-40-26-33-55(49(36-40)43-20-11-8-12-21-43)64-57-35-39(2)34-52-51-37-50-47-24-15-16-25-53(47)62(3,4)54(50)38-56(51)65(45-30-27-42(28-31-45)41-18-9-7-10-19-41)63(58(52)57)61-59(64)48-32-29-44-22-13-14-23-46(44)60(48)66-61/h7-16,18-38H,5-6,17H2,1-4H3. The van der Waals surface area contributed by atoms with Crippen molar-refractivity contribution in [2.75, 3.05) is 9.71 Å². The molecule has 0 N–H and O–H groups in total. The lowest BCUT2D eigenvalue weighted by Gasteiger charge is -2.44. The van der Waals surface area contributed by atoms with Gasteiger partial charge in [-0.15, -0.1) is 0 Å². The maximum atomic E-state index is 7.62. The number of unbranched alkanes of at least 4 members (excludes halogenated alkanes) is 1. The lowest BCUT2D eigenvalue weighted by Crippen LogP contribution is -2.61. The Hall–Kier alpha value is -7.56. The van der Waals surface area contributed by atoms with Crippen LogP contribution in [0, 0.1) is 6.92 Å². The minimum Gasteiger partial charge on any atom is -0.465 e. The van der Waals surface area contributed by atoms with Crippen molar-refractivity contribution < 1.29 is 4.42 Å². The van der Waals surface area contributed by atoms with Gasteiger partial charge in [0.25, 0.3) is 0 Å². The molecule has 10 aromatic rings. The molecular formula is C62H49BN2O. The Labute approximate surface area is 387 Å². The molecule has 3 heterocycles. The molecule has 13 rings (SSSR count). The van der Waals surface area contributed by atoms with Gasteiger partial charge in [0.05, 0.1) is 11.4 Å². The number of nitrogens with zero attached hydrogens (tertiary/aromatic N) is 2. The predicted octanol–water partition coefficient (Wildman–Crippen LogP) is 15.6. The highest BCUT2D eigenvalue weighted by molar-refractivity contribution is 6.93. The van der Waals surface area contributed by atoms with Gasteiger partial charge in [-0.1, -0.05) is 167 Å². The summed E-state index contributed by atoms with van der Waals surface area (Å²) in [6.45, 7) is 9.06. The summed E-state index contributed by atoms with van der Waals surface area (Å²) in [6.07, 6.45) is 3.35. The number of anilines is 5. The molecule has 0 fully saturated rings. The first-order valence-corrected chi connectivity index (χ1v) is 23.7. The zero-order valence-electron chi connectivity index (χ0n) is 37.9. The van der Waals surface area contributed by atoms with Crippen molar-refractivity contribution in [1.82, 2.24) is 0 Å². The van der Waals surface area contributed by atoms with Crippen LogP contribution in [-0.2, 0) is 11.8 Å². The highest BCUT2D eigenvalue weighted by Crippen LogP contribution is 2.56. The van der Waals surface area contributed by atoms with Gasteiger partial charge in [-0.25, -0.2) is 0 Å². The minimum atomic E-state index is -0.267. The maximum Gasteiger partial charge on any atom is 0.375 e. The highest BCUT2D eigenvalue weighted by atomic mass is 16.3. The van der Waals surface area contributed by atoms with Crippen LogP contribution in [0.4, 0.5) is 28.4 Å². The van der Waals surface area contributed by atoms with E-state index >= 15 is 0 Å². The molecule has 3 nitrogen and oxygen atoms in total. The van der Waals surface area contributed by atoms with E-state index in [9.17, 15) is 0 Å². The molecule has 0 spiro atoms. The van der Waals surface area contributed by atoms with Crippen molar-refractivity contribution in [3.63, 3.8) is 0 Å². The van der Waals surface area contributed by atoms with Crippen molar-refractivity contribution in [1.29, 1.82) is 0 Å². The zero-order valence-corrected chi connectivity index (χ0v) is 37.9. The maximum absolute atomic E-state index is 7.62. The molecule has 1 aromatic heterocycles. The average Bonchev–Trinajstić information content (AvgIpc) is 3.85. The normalized spacial score (nSPS) is 14.0. The summed E-state index contributed by atoms with van der Waals surface area (Å²) in [5.74, 6) is 0. The number of benzene rings is 9. The van der Waals surface area contributed by atoms with E-state index in [1.165, 1.54) is 89.0 Å². The van der Waals surface area contributed by atoms with Gasteiger partial charge in [0.1, 0.15) is 11.2 Å². The molecule has 0 bridgehead atoms. The summed E-state index contributed by atoms with van der Waals surface area (Å²) >= 11 is 0.